The molecule has 6 nitrogen and oxygen atoms in total. The Morgan fingerprint density at radius 1 is 0.944 bits per heavy atom. The smallest absolute Gasteiger partial charge is 0.330 e. The van der Waals surface area contributed by atoms with Crippen LogP contribution in [0.3, 0.4) is 0 Å². The standard InChI is InChI=1S/C30H37N3O3/c1-35-25-10-6-24(7-11-25)21-32-17-14-29-27(22-32)26-20-23(9-13-30(34)36-2)8-12-28(26)33(29)19-18-31-15-4-3-5-16-31/h6-13,20H,3-5,14-19,21-22H2,1-2H3/b13-9+. The highest BCUT2D eigenvalue weighted by Gasteiger charge is 2.24. The number of hydrogen-bond donors (Lipinski definition) is 0. The SMILES string of the molecule is COC(=O)/C=C/c1ccc2c(c1)c1c(n2CCN2CCCCC2)CCN(Cc2ccc(OC)cc2)C1. The first-order valence-corrected chi connectivity index (χ1v) is 13.1. The van der Waals surface area contributed by atoms with Crippen LogP contribution in [0.25, 0.3) is 17.0 Å². The summed E-state index contributed by atoms with van der Waals surface area (Å²) < 4.78 is 12.7. The van der Waals surface area contributed by atoms with Crippen LogP contribution in [0.5, 0.6) is 5.75 Å². The number of esters is 1. The van der Waals surface area contributed by atoms with E-state index >= 15 is 0 Å². The summed E-state index contributed by atoms with van der Waals surface area (Å²) in [5.74, 6) is 0.561. The number of ether oxygens (including phenoxy) is 2. The Balaban J connectivity index is 1.43. The molecule has 2 aliphatic rings. The summed E-state index contributed by atoms with van der Waals surface area (Å²) in [5, 5.41) is 1.30. The van der Waals surface area contributed by atoms with Gasteiger partial charge >= 0.3 is 5.97 Å². The van der Waals surface area contributed by atoms with Crippen LogP contribution in [-0.2, 0) is 35.6 Å². The molecular weight excluding hydrogens is 450 g/mol. The second-order valence-corrected chi connectivity index (χ2v) is 9.92. The van der Waals surface area contributed by atoms with Gasteiger partial charge in [-0.15, -0.1) is 0 Å². The summed E-state index contributed by atoms with van der Waals surface area (Å²) in [7, 11) is 3.11. The second-order valence-electron chi connectivity index (χ2n) is 9.92. The molecule has 0 aliphatic carbocycles. The fourth-order valence-electron chi connectivity index (χ4n) is 5.66. The first kappa shape index (κ1) is 24.6. The molecule has 0 radical (unpaired) electrons. The Morgan fingerprint density at radius 2 is 1.75 bits per heavy atom. The maximum absolute atomic E-state index is 11.6. The van der Waals surface area contributed by atoms with Crippen LogP contribution >= 0.6 is 0 Å². The molecule has 0 unspecified atom stereocenters. The Bertz CT molecular complexity index is 1220. The fourth-order valence-corrected chi connectivity index (χ4v) is 5.66. The lowest BCUT2D eigenvalue weighted by molar-refractivity contribution is -0.134. The molecule has 5 rings (SSSR count). The predicted octanol–water partition coefficient (Wildman–Crippen LogP) is 4.88. The normalized spacial score (nSPS) is 16.9. The maximum atomic E-state index is 11.6. The summed E-state index contributed by atoms with van der Waals surface area (Å²) in [6, 6.07) is 15.0. The average molecular weight is 488 g/mol. The van der Waals surface area contributed by atoms with Crippen molar-refractivity contribution in [3.05, 3.63) is 70.9 Å². The van der Waals surface area contributed by atoms with Crippen molar-refractivity contribution < 1.29 is 14.3 Å². The Morgan fingerprint density at radius 3 is 2.50 bits per heavy atom. The van der Waals surface area contributed by atoms with Gasteiger partial charge in [0.05, 0.1) is 14.2 Å². The maximum Gasteiger partial charge on any atom is 0.330 e. The number of aromatic nitrogens is 1. The van der Waals surface area contributed by atoms with Gasteiger partial charge in [-0.2, -0.15) is 0 Å². The Labute approximate surface area is 214 Å². The number of rotatable bonds is 8. The van der Waals surface area contributed by atoms with Crippen molar-refractivity contribution in [1.82, 2.24) is 14.4 Å². The van der Waals surface area contributed by atoms with Gasteiger partial charge in [0.25, 0.3) is 0 Å². The molecule has 1 aromatic heterocycles. The summed E-state index contributed by atoms with van der Waals surface area (Å²) >= 11 is 0. The molecule has 1 saturated heterocycles. The van der Waals surface area contributed by atoms with Gasteiger partial charge in [-0.3, -0.25) is 4.90 Å². The third kappa shape index (κ3) is 5.50. The van der Waals surface area contributed by atoms with E-state index in [0.717, 1.165) is 50.5 Å². The van der Waals surface area contributed by atoms with Crippen LogP contribution in [0.1, 0.15) is 41.6 Å². The van der Waals surface area contributed by atoms with Gasteiger partial charge in [-0.05, 0) is 73.0 Å². The van der Waals surface area contributed by atoms with Gasteiger partial charge in [-0.25, -0.2) is 4.79 Å². The zero-order valence-electron chi connectivity index (χ0n) is 21.5. The van der Waals surface area contributed by atoms with Crippen LogP contribution in [0.4, 0.5) is 0 Å². The lowest BCUT2D eigenvalue weighted by atomic mass is 10.0. The minimum absolute atomic E-state index is 0.332. The van der Waals surface area contributed by atoms with Crippen molar-refractivity contribution >= 4 is 22.9 Å². The number of hydrogen-bond acceptors (Lipinski definition) is 5. The van der Waals surface area contributed by atoms with E-state index in [4.69, 9.17) is 9.47 Å². The molecule has 36 heavy (non-hydrogen) atoms. The largest absolute Gasteiger partial charge is 0.497 e. The fraction of sp³-hybridized carbons (Fsp3) is 0.433. The van der Waals surface area contributed by atoms with E-state index in [-0.39, 0.29) is 5.97 Å². The van der Waals surface area contributed by atoms with Crippen molar-refractivity contribution in [2.24, 2.45) is 0 Å². The molecule has 0 amide bonds. The molecule has 6 heteroatoms. The summed E-state index contributed by atoms with van der Waals surface area (Å²) in [6.45, 7) is 7.48. The molecule has 0 atom stereocenters. The number of methoxy groups -OCH3 is 2. The van der Waals surface area contributed by atoms with Crippen LogP contribution < -0.4 is 4.74 Å². The monoisotopic (exact) mass is 487 g/mol. The number of carbonyl (C=O) groups excluding carboxylic acids is 1. The van der Waals surface area contributed by atoms with E-state index in [1.165, 1.54) is 73.3 Å². The lowest BCUT2D eigenvalue weighted by Crippen LogP contribution is -2.34. The van der Waals surface area contributed by atoms with Gasteiger partial charge in [0, 0.05) is 61.8 Å². The van der Waals surface area contributed by atoms with E-state index in [1.54, 1.807) is 7.11 Å². The number of piperidine rings is 1. The lowest BCUT2D eigenvalue weighted by Gasteiger charge is -2.29. The number of fused-ring (bicyclic) bond motifs is 3. The zero-order chi connectivity index (χ0) is 24.9. The third-order valence-electron chi connectivity index (χ3n) is 7.62. The Kier molecular flexibility index (Phi) is 7.73. The van der Waals surface area contributed by atoms with E-state index in [9.17, 15) is 4.79 Å². The molecule has 3 aromatic rings. The molecule has 190 valence electrons. The van der Waals surface area contributed by atoms with E-state index in [1.807, 2.05) is 18.2 Å². The predicted molar refractivity (Wildman–Crippen MR) is 144 cm³/mol. The molecular formula is C30H37N3O3. The van der Waals surface area contributed by atoms with E-state index in [2.05, 4.69) is 44.7 Å². The highest BCUT2D eigenvalue weighted by Crippen LogP contribution is 2.33. The third-order valence-corrected chi connectivity index (χ3v) is 7.62. The number of likely N-dealkylation sites (tertiary alicyclic amines) is 1. The molecule has 0 N–H and O–H groups in total. The minimum Gasteiger partial charge on any atom is -0.497 e. The molecule has 2 aliphatic heterocycles. The first-order valence-electron chi connectivity index (χ1n) is 13.1. The number of benzene rings is 2. The van der Waals surface area contributed by atoms with Crippen molar-refractivity contribution in [3.8, 4) is 5.75 Å². The highest BCUT2D eigenvalue weighted by atomic mass is 16.5. The van der Waals surface area contributed by atoms with Crippen LogP contribution in [-0.4, -0.2) is 60.7 Å². The summed E-state index contributed by atoms with van der Waals surface area (Å²) in [4.78, 5) is 16.8. The topological polar surface area (TPSA) is 46.9 Å². The molecule has 3 heterocycles. The van der Waals surface area contributed by atoms with Crippen LogP contribution in [0, 0.1) is 0 Å². The average Bonchev–Trinajstić information content (AvgIpc) is 3.23. The van der Waals surface area contributed by atoms with Gasteiger partial charge in [0.2, 0.25) is 0 Å². The quantitative estimate of drug-likeness (QED) is 0.335. The minimum atomic E-state index is -0.332. The molecule has 1 fully saturated rings. The molecule has 0 spiro atoms. The van der Waals surface area contributed by atoms with Crippen molar-refractivity contribution in [1.29, 1.82) is 0 Å². The van der Waals surface area contributed by atoms with Gasteiger partial charge in [-0.1, -0.05) is 24.6 Å². The zero-order valence-corrected chi connectivity index (χ0v) is 21.5. The summed E-state index contributed by atoms with van der Waals surface area (Å²) in [5.41, 5.74) is 6.53. The van der Waals surface area contributed by atoms with Gasteiger partial charge in [0.1, 0.15) is 5.75 Å². The summed E-state index contributed by atoms with van der Waals surface area (Å²) in [6.07, 6.45) is 8.40. The second kappa shape index (κ2) is 11.3. The van der Waals surface area contributed by atoms with Crippen LogP contribution in [0.2, 0.25) is 0 Å². The van der Waals surface area contributed by atoms with Crippen LogP contribution in [0.15, 0.2) is 48.5 Å². The highest BCUT2D eigenvalue weighted by molar-refractivity contribution is 5.91. The number of nitrogens with zero attached hydrogens (tertiary/aromatic N) is 3. The Hall–Kier alpha value is -3.09. The van der Waals surface area contributed by atoms with Gasteiger partial charge in [0.15, 0.2) is 0 Å². The van der Waals surface area contributed by atoms with E-state index in [0.29, 0.717) is 0 Å². The van der Waals surface area contributed by atoms with Gasteiger partial charge < -0.3 is 18.9 Å². The molecule has 0 bridgehead atoms. The van der Waals surface area contributed by atoms with E-state index < -0.39 is 0 Å². The number of carbonyl (C=O) groups is 1. The molecule has 0 saturated carbocycles. The van der Waals surface area contributed by atoms with Crippen molar-refractivity contribution in [3.63, 3.8) is 0 Å². The first-order chi connectivity index (χ1) is 17.6. The molecule has 2 aromatic carbocycles. The van der Waals surface area contributed by atoms with Crippen molar-refractivity contribution in [2.75, 3.05) is 40.4 Å². The van der Waals surface area contributed by atoms with Crippen molar-refractivity contribution in [2.45, 2.75) is 45.3 Å².